The van der Waals surface area contributed by atoms with Gasteiger partial charge in [0.25, 0.3) is 0 Å². The zero-order valence-corrected chi connectivity index (χ0v) is 12.6. The fourth-order valence-corrected chi connectivity index (χ4v) is 3.17. The molecule has 0 aliphatic carbocycles. The van der Waals surface area contributed by atoms with Crippen molar-refractivity contribution in [3.05, 3.63) is 40.5 Å². The fourth-order valence-electron chi connectivity index (χ4n) is 2.33. The van der Waals surface area contributed by atoms with Crippen molar-refractivity contribution in [3.8, 4) is 11.3 Å². The van der Waals surface area contributed by atoms with Gasteiger partial charge >= 0.3 is 5.97 Å². The Labute approximate surface area is 125 Å². The van der Waals surface area contributed by atoms with Crippen LogP contribution < -0.4 is 0 Å². The summed E-state index contributed by atoms with van der Waals surface area (Å²) >= 11 is 1.52. The molecule has 0 fully saturated rings. The molecule has 0 saturated heterocycles. The van der Waals surface area contributed by atoms with E-state index < -0.39 is 5.97 Å². The van der Waals surface area contributed by atoms with E-state index >= 15 is 0 Å². The maximum absolute atomic E-state index is 10.6. The molecule has 0 atom stereocenters. The number of aromatic nitrogens is 3. The molecule has 1 aromatic carbocycles. The molecule has 0 radical (unpaired) electrons. The van der Waals surface area contributed by atoms with E-state index in [1.807, 2.05) is 5.38 Å². The number of hydrogen-bond acceptors (Lipinski definition) is 4. The molecular weight excluding hydrogens is 286 g/mol. The van der Waals surface area contributed by atoms with Crippen LogP contribution in [-0.4, -0.2) is 25.7 Å². The van der Waals surface area contributed by atoms with Crippen molar-refractivity contribution in [3.63, 3.8) is 0 Å². The van der Waals surface area contributed by atoms with E-state index in [4.69, 9.17) is 5.11 Å². The highest BCUT2D eigenvalue weighted by Gasteiger charge is 2.13. The smallest absolute Gasteiger partial charge is 0.303 e. The number of aryl methyl sites for hydroxylation is 3. The number of rotatable bonds is 4. The van der Waals surface area contributed by atoms with Gasteiger partial charge in [0, 0.05) is 17.4 Å². The van der Waals surface area contributed by atoms with Crippen molar-refractivity contribution in [1.82, 2.24) is 14.6 Å². The third-order valence-electron chi connectivity index (χ3n) is 3.35. The maximum atomic E-state index is 10.6. The second-order valence-corrected chi connectivity index (χ2v) is 5.89. The van der Waals surface area contributed by atoms with Crippen LogP contribution in [0.15, 0.2) is 23.6 Å². The standard InChI is InChI=1S/C15H15N3O2S/c1-9-3-4-11(10(2)7-9)12-8-21-15-16-13(17-18(12)15)5-6-14(19)20/h3-4,7-8H,5-6H2,1-2H3,(H,19,20). The van der Waals surface area contributed by atoms with Crippen LogP contribution in [0.4, 0.5) is 0 Å². The van der Waals surface area contributed by atoms with Crippen molar-refractivity contribution in [2.24, 2.45) is 0 Å². The number of carboxylic acids is 1. The molecule has 0 bridgehead atoms. The van der Waals surface area contributed by atoms with Gasteiger partial charge < -0.3 is 5.11 Å². The average Bonchev–Trinajstić information content (AvgIpc) is 2.97. The minimum absolute atomic E-state index is 0.0523. The highest BCUT2D eigenvalue weighted by atomic mass is 32.1. The minimum atomic E-state index is -0.831. The molecule has 2 aromatic heterocycles. The van der Waals surface area contributed by atoms with Crippen LogP contribution in [0.1, 0.15) is 23.4 Å². The van der Waals surface area contributed by atoms with Gasteiger partial charge in [-0.15, -0.1) is 16.4 Å². The van der Waals surface area contributed by atoms with E-state index in [1.165, 1.54) is 22.5 Å². The summed E-state index contributed by atoms with van der Waals surface area (Å²) in [5.74, 6) is -0.252. The van der Waals surface area contributed by atoms with E-state index in [0.29, 0.717) is 12.2 Å². The topological polar surface area (TPSA) is 67.5 Å². The summed E-state index contributed by atoms with van der Waals surface area (Å²) in [4.78, 5) is 15.8. The van der Waals surface area contributed by atoms with Gasteiger partial charge in [-0.1, -0.05) is 23.8 Å². The summed E-state index contributed by atoms with van der Waals surface area (Å²) < 4.78 is 1.81. The van der Waals surface area contributed by atoms with Crippen LogP contribution in [-0.2, 0) is 11.2 Å². The Morgan fingerprint density at radius 2 is 2.19 bits per heavy atom. The lowest BCUT2D eigenvalue weighted by Gasteiger charge is -2.05. The molecule has 108 valence electrons. The predicted octanol–water partition coefficient (Wildman–Crippen LogP) is 3.09. The molecule has 0 unspecified atom stereocenters. The summed E-state index contributed by atoms with van der Waals surface area (Å²) in [6.45, 7) is 4.15. The summed E-state index contributed by atoms with van der Waals surface area (Å²) in [5, 5.41) is 15.2. The molecule has 0 aliphatic heterocycles. The first-order valence-corrected chi connectivity index (χ1v) is 7.55. The van der Waals surface area contributed by atoms with Gasteiger partial charge in [-0.05, 0) is 19.4 Å². The molecule has 2 heterocycles. The van der Waals surface area contributed by atoms with Crippen LogP contribution in [0.3, 0.4) is 0 Å². The Hall–Kier alpha value is -2.21. The molecule has 0 spiro atoms. The normalized spacial score (nSPS) is 11.1. The molecule has 3 aromatic rings. The molecule has 0 aliphatic rings. The molecular formula is C15H15N3O2S. The molecule has 21 heavy (non-hydrogen) atoms. The Balaban J connectivity index is 2.01. The maximum Gasteiger partial charge on any atom is 0.303 e. The predicted molar refractivity (Wildman–Crippen MR) is 81.7 cm³/mol. The van der Waals surface area contributed by atoms with Gasteiger partial charge in [0.1, 0.15) is 0 Å². The second-order valence-electron chi connectivity index (χ2n) is 5.06. The van der Waals surface area contributed by atoms with Crippen LogP contribution in [0.25, 0.3) is 16.2 Å². The molecule has 3 rings (SSSR count). The molecule has 6 heteroatoms. The van der Waals surface area contributed by atoms with Crippen LogP contribution in [0, 0.1) is 13.8 Å². The lowest BCUT2D eigenvalue weighted by Crippen LogP contribution is -1.99. The molecule has 0 saturated carbocycles. The second kappa shape index (κ2) is 5.29. The van der Waals surface area contributed by atoms with Gasteiger partial charge in [-0.25, -0.2) is 9.50 Å². The van der Waals surface area contributed by atoms with Gasteiger partial charge in [-0.2, -0.15) is 0 Å². The van der Waals surface area contributed by atoms with Gasteiger partial charge in [0.15, 0.2) is 5.82 Å². The number of aliphatic carboxylic acids is 1. The lowest BCUT2D eigenvalue weighted by molar-refractivity contribution is -0.137. The molecule has 5 nitrogen and oxygen atoms in total. The molecule has 1 N–H and O–H groups in total. The monoisotopic (exact) mass is 301 g/mol. The van der Waals surface area contributed by atoms with E-state index in [2.05, 4.69) is 42.1 Å². The lowest BCUT2D eigenvalue weighted by atomic mass is 10.0. The third kappa shape index (κ3) is 2.67. The van der Waals surface area contributed by atoms with Gasteiger partial charge in [0.05, 0.1) is 12.1 Å². The van der Waals surface area contributed by atoms with E-state index in [-0.39, 0.29) is 6.42 Å². The summed E-state index contributed by atoms with van der Waals surface area (Å²) in [6.07, 6.45) is 0.410. The van der Waals surface area contributed by atoms with Crippen molar-refractivity contribution < 1.29 is 9.90 Å². The first-order valence-electron chi connectivity index (χ1n) is 6.67. The number of carboxylic acid groups (broad SMARTS) is 1. The minimum Gasteiger partial charge on any atom is -0.481 e. The first kappa shape index (κ1) is 13.8. The summed E-state index contributed by atoms with van der Waals surface area (Å²) in [6, 6.07) is 6.31. The third-order valence-corrected chi connectivity index (χ3v) is 4.16. The quantitative estimate of drug-likeness (QED) is 0.804. The highest BCUT2D eigenvalue weighted by molar-refractivity contribution is 7.15. The van der Waals surface area contributed by atoms with Crippen LogP contribution >= 0.6 is 11.3 Å². The zero-order chi connectivity index (χ0) is 15.0. The van der Waals surface area contributed by atoms with E-state index in [1.54, 1.807) is 4.52 Å². The average molecular weight is 301 g/mol. The SMILES string of the molecule is Cc1ccc(-c2csc3nc(CCC(=O)O)nn23)c(C)c1. The summed E-state index contributed by atoms with van der Waals surface area (Å²) in [5.41, 5.74) is 4.55. The van der Waals surface area contributed by atoms with E-state index in [0.717, 1.165) is 16.2 Å². The largest absolute Gasteiger partial charge is 0.481 e. The first-order chi connectivity index (χ1) is 10.0. The Morgan fingerprint density at radius 3 is 2.90 bits per heavy atom. The van der Waals surface area contributed by atoms with Crippen molar-refractivity contribution >= 4 is 22.3 Å². The number of carbonyl (C=O) groups is 1. The number of fused-ring (bicyclic) bond motifs is 1. The van der Waals surface area contributed by atoms with Gasteiger partial charge in [0.2, 0.25) is 4.96 Å². The van der Waals surface area contributed by atoms with E-state index in [9.17, 15) is 4.79 Å². The number of hydrogen-bond donors (Lipinski definition) is 1. The Kier molecular flexibility index (Phi) is 3.47. The van der Waals surface area contributed by atoms with Crippen LogP contribution in [0.2, 0.25) is 0 Å². The van der Waals surface area contributed by atoms with Crippen molar-refractivity contribution in [1.29, 1.82) is 0 Å². The fraction of sp³-hybridized carbons (Fsp3) is 0.267. The summed E-state index contributed by atoms with van der Waals surface area (Å²) in [7, 11) is 0. The number of thiazole rings is 1. The van der Waals surface area contributed by atoms with Crippen molar-refractivity contribution in [2.75, 3.05) is 0 Å². The number of benzene rings is 1. The van der Waals surface area contributed by atoms with Crippen LogP contribution in [0.5, 0.6) is 0 Å². The zero-order valence-electron chi connectivity index (χ0n) is 11.8. The Morgan fingerprint density at radius 1 is 1.38 bits per heavy atom. The number of nitrogens with zero attached hydrogens (tertiary/aromatic N) is 3. The molecule has 0 amide bonds. The van der Waals surface area contributed by atoms with Crippen molar-refractivity contribution in [2.45, 2.75) is 26.7 Å². The highest BCUT2D eigenvalue weighted by Crippen LogP contribution is 2.28. The van der Waals surface area contributed by atoms with Gasteiger partial charge in [-0.3, -0.25) is 4.79 Å². The Bertz CT molecular complexity index is 820.